The fourth-order valence-electron chi connectivity index (χ4n) is 1.79. The van der Waals surface area contributed by atoms with E-state index >= 15 is 0 Å². The summed E-state index contributed by atoms with van der Waals surface area (Å²) in [4.78, 5) is 0.181. The van der Waals surface area contributed by atoms with Crippen molar-refractivity contribution in [1.29, 1.82) is 0 Å². The van der Waals surface area contributed by atoms with Crippen molar-refractivity contribution in [2.75, 3.05) is 26.3 Å². The molecule has 0 spiro atoms. The Morgan fingerprint density at radius 3 is 2.63 bits per heavy atom. The number of aryl methyl sites for hydroxylation is 1. The Labute approximate surface area is 119 Å². The Kier molecular flexibility index (Phi) is 6.25. The number of nitrogens with one attached hydrogen (secondary N) is 1. The Morgan fingerprint density at radius 1 is 1.42 bits per heavy atom. The van der Waals surface area contributed by atoms with Crippen LogP contribution in [-0.2, 0) is 20.6 Å². The number of hydrogen-bond donors (Lipinski definition) is 1. The number of aromatic nitrogens is 2. The molecule has 0 aromatic carbocycles. The fraction of sp³-hybridized carbons (Fsp3) is 0.727. The van der Waals surface area contributed by atoms with Crippen LogP contribution in [0.2, 0.25) is 0 Å². The van der Waals surface area contributed by atoms with Gasteiger partial charge >= 0.3 is 0 Å². The van der Waals surface area contributed by atoms with Crippen molar-refractivity contribution in [3.05, 3.63) is 11.4 Å². The molecule has 1 heterocycles. The van der Waals surface area contributed by atoms with Crippen LogP contribution in [0.1, 0.15) is 25.2 Å². The predicted octanol–water partition coefficient (Wildman–Crippen LogP) is 1.50. The molecule has 0 fully saturated rings. The second kappa shape index (κ2) is 7.23. The first-order valence-corrected chi connectivity index (χ1v) is 8.14. The highest BCUT2D eigenvalue weighted by molar-refractivity contribution is 7.89. The molecule has 19 heavy (non-hydrogen) atoms. The monoisotopic (exact) mass is 309 g/mol. The van der Waals surface area contributed by atoms with Gasteiger partial charge in [-0.25, -0.2) is 8.42 Å². The molecule has 0 unspecified atom stereocenters. The predicted molar refractivity (Wildman–Crippen MR) is 73.8 cm³/mol. The molecule has 0 saturated carbocycles. The number of H-pyrrole nitrogens is 1. The standard InChI is InChI=1S/C11H20ClN3O3S/c1-4-15(6-7-18-5-2)19(16,17)11-9(3)13-14-10(11)8-12/h4-8H2,1-3H3,(H,13,14). The van der Waals surface area contributed by atoms with Crippen LogP contribution in [0.5, 0.6) is 0 Å². The van der Waals surface area contributed by atoms with Gasteiger partial charge in [-0.15, -0.1) is 11.6 Å². The van der Waals surface area contributed by atoms with Gasteiger partial charge < -0.3 is 4.74 Å². The molecular formula is C11H20ClN3O3S. The minimum atomic E-state index is -3.59. The van der Waals surface area contributed by atoms with Crippen molar-refractivity contribution in [2.24, 2.45) is 0 Å². The van der Waals surface area contributed by atoms with Crippen molar-refractivity contribution >= 4 is 21.6 Å². The highest BCUT2D eigenvalue weighted by atomic mass is 35.5. The highest BCUT2D eigenvalue weighted by Gasteiger charge is 2.29. The summed E-state index contributed by atoms with van der Waals surface area (Å²) in [6.07, 6.45) is 0. The summed E-state index contributed by atoms with van der Waals surface area (Å²) in [5, 5.41) is 6.59. The van der Waals surface area contributed by atoms with Crippen LogP contribution in [-0.4, -0.2) is 49.2 Å². The lowest BCUT2D eigenvalue weighted by Gasteiger charge is -2.20. The zero-order chi connectivity index (χ0) is 14.5. The van der Waals surface area contributed by atoms with E-state index in [-0.39, 0.29) is 10.8 Å². The van der Waals surface area contributed by atoms with Gasteiger partial charge in [-0.2, -0.15) is 9.40 Å². The first-order chi connectivity index (χ1) is 8.98. The minimum absolute atomic E-state index is 0.0575. The molecule has 0 saturated heterocycles. The first kappa shape index (κ1) is 16.4. The third-order valence-corrected chi connectivity index (χ3v) is 5.16. The summed E-state index contributed by atoms with van der Waals surface area (Å²) in [5.74, 6) is 0.0575. The number of alkyl halides is 1. The van der Waals surface area contributed by atoms with Gasteiger partial charge in [-0.1, -0.05) is 6.92 Å². The van der Waals surface area contributed by atoms with Crippen LogP contribution in [0.3, 0.4) is 0 Å². The quantitative estimate of drug-likeness (QED) is 0.583. The van der Waals surface area contributed by atoms with Crippen LogP contribution in [0.4, 0.5) is 0 Å². The molecule has 0 atom stereocenters. The van der Waals surface area contributed by atoms with Crippen LogP contribution in [0, 0.1) is 6.92 Å². The van der Waals surface area contributed by atoms with E-state index in [1.165, 1.54) is 4.31 Å². The number of sulfonamides is 1. The van der Waals surface area contributed by atoms with E-state index in [0.29, 0.717) is 37.7 Å². The Balaban J connectivity index is 3.03. The van der Waals surface area contributed by atoms with Gasteiger partial charge in [0.15, 0.2) is 0 Å². The molecule has 0 aliphatic heterocycles. The molecule has 1 aromatic heterocycles. The van der Waals surface area contributed by atoms with Crippen LogP contribution < -0.4 is 0 Å². The molecule has 0 aliphatic carbocycles. The first-order valence-electron chi connectivity index (χ1n) is 6.16. The second-order valence-corrected chi connectivity index (χ2v) is 6.09. The van der Waals surface area contributed by atoms with Gasteiger partial charge in [0.25, 0.3) is 0 Å². The number of ether oxygens (including phenoxy) is 1. The smallest absolute Gasteiger partial charge is 0.246 e. The van der Waals surface area contributed by atoms with Gasteiger partial charge in [0, 0.05) is 19.7 Å². The fourth-order valence-corrected chi connectivity index (χ4v) is 3.82. The van der Waals surface area contributed by atoms with Gasteiger partial charge in [0.05, 0.1) is 23.9 Å². The molecule has 1 N–H and O–H groups in total. The van der Waals surface area contributed by atoms with Crippen molar-refractivity contribution < 1.29 is 13.2 Å². The summed E-state index contributed by atoms with van der Waals surface area (Å²) in [5.41, 5.74) is 0.861. The van der Waals surface area contributed by atoms with Gasteiger partial charge in [-0.05, 0) is 13.8 Å². The number of likely N-dealkylation sites (N-methyl/N-ethyl adjacent to an activating group) is 1. The topological polar surface area (TPSA) is 75.3 Å². The maximum Gasteiger partial charge on any atom is 0.246 e. The van der Waals surface area contributed by atoms with E-state index in [2.05, 4.69) is 10.2 Å². The number of rotatable bonds is 8. The summed E-state index contributed by atoms with van der Waals surface area (Å²) in [6.45, 7) is 6.97. The minimum Gasteiger partial charge on any atom is -0.380 e. The van der Waals surface area contributed by atoms with Crippen LogP contribution in [0.25, 0.3) is 0 Å². The molecule has 6 nitrogen and oxygen atoms in total. The van der Waals surface area contributed by atoms with Crippen molar-refractivity contribution in [3.63, 3.8) is 0 Å². The van der Waals surface area contributed by atoms with Crippen molar-refractivity contribution in [2.45, 2.75) is 31.5 Å². The van der Waals surface area contributed by atoms with E-state index < -0.39 is 10.0 Å². The molecule has 1 rings (SSSR count). The van der Waals surface area contributed by atoms with E-state index in [9.17, 15) is 8.42 Å². The summed E-state index contributed by atoms with van der Waals surface area (Å²) in [6, 6.07) is 0. The van der Waals surface area contributed by atoms with Gasteiger partial charge in [-0.3, -0.25) is 5.10 Å². The zero-order valence-electron chi connectivity index (χ0n) is 11.4. The van der Waals surface area contributed by atoms with Crippen molar-refractivity contribution in [3.8, 4) is 0 Å². The summed E-state index contributed by atoms with van der Waals surface area (Å²) >= 11 is 5.74. The zero-order valence-corrected chi connectivity index (χ0v) is 13.0. The van der Waals surface area contributed by atoms with Crippen molar-refractivity contribution in [1.82, 2.24) is 14.5 Å². The number of halogens is 1. The lowest BCUT2D eigenvalue weighted by molar-refractivity contribution is 0.135. The lowest BCUT2D eigenvalue weighted by Crippen LogP contribution is -2.34. The SMILES string of the molecule is CCOCCN(CC)S(=O)(=O)c1c(CCl)n[nH]c1C. The Hall–Kier alpha value is -0.630. The third kappa shape index (κ3) is 3.68. The van der Waals surface area contributed by atoms with E-state index in [0.717, 1.165) is 0 Å². The molecule has 0 amide bonds. The average molecular weight is 310 g/mol. The molecule has 110 valence electrons. The van der Waals surface area contributed by atoms with E-state index in [1.807, 2.05) is 6.92 Å². The molecular weight excluding hydrogens is 290 g/mol. The molecule has 8 heteroatoms. The molecule has 1 aromatic rings. The molecule has 0 aliphatic rings. The maximum absolute atomic E-state index is 12.6. The number of hydrogen-bond acceptors (Lipinski definition) is 4. The van der Waals surface area contributed by atoms with E-state index in [1.54, 1.807) is 13.8 Å². The van der Waals surface area contributed by atoms with Crippen LogP contribution in [0.15, 0.2) is 4.90 Å². The highest BCUT2D eigenvalue weighted by Crippen LogP contribution is 2.23. The van der Waals surface area contributed by atoms with Gasteiger partial charge in [0.2, 0.25) is 10.0 Å². The summed E-state index contributed by atoms with van der Waals surface area (Å²) < 4.78 is 31.7. The Morgan fingerprint density at radius 2 is 2.11 bits per heavy atom. The van der Waals surface area contributed by atoms with E-state index in [4.69, 9.17) is 16.3 Å². The van der Waals surface area contributed by atoms with Gasteiger partial charge in [0.1, 0.15) is 4.90 Å². The molecule has 0 bridgehead atoms. The summed E-state index contributed by atoms with van der Waals surface area (Å²) in [7, 11) is -3.59. The normalized spacial score (nSPS) is 12.3. The second-order valence-electron chi connectivity index (χ2n) is 3.95. The maximum atomic E-state index is 12.6. The Bertz CT molecular complexity index is 501. The largest absolute Gasteiger partial charge is 0.380 e. The average Bonchev–Trinajstić information content (AvgIpc) is 2.76. The van der Waals surface area contributed by atoms with Crippen LogP contribution >= 0.6 is 11.6 Å². The number of aromatic amines is 1. The lowest BCUT2D eigenvalue weighted by atomic mass is 10.4. The number of nitrogens with zero attached hydrogens (tertiary/aromatic N) is 2. The molecule has 0 radical (unpaired) electrons. The third-order valence-electron chi connectivity index (χ3n) is 2.73.